The van der Waals surface area contributed by atoms with Crippen LogP contribution >= 0.6 is 12.6 Å². The van der Waals surface area contributed by atoms with Crippen LogP contribution in [0.2, 0.25) is 0 Å². The number of hydrogen-bond acceptors (Lipinski definition) is 3. The van der Waals surface area contributed by atoms with Crippen molar-refractivity contribution in [3.63, 3.8) is 0 Å². The van der Waals surface area contributed by atoms with Gasteiger partial charge in [0, 0.05) is 12.6 Å². The molecule has 1 rings (SSSR count). The third kappa shape index (κ3) is 5.07. The van der Waals surface area contributed by atoms with Crippen molar-refractivity contribution in [2.45, 2.75) is 33.2 Å². The molecule has 0 bridgehead atoms. The Morgan fingerprint density at radius 3 is 2.53 bits per heavy atom. The van der Waals surface area contributed by atoms with Gasteiger partial charge in [-0.15, -0.1) is 0 Å². The Labute approximate surface area is 123 Å². The maximum Gasteiger partial charge on any atom is 0.122 e. The average Bonchev–Trinajstić information content (AvgIpc) is 2.38. The summed E-state index contributed by atoms with van der Waals surface area (Å²) >= 11 is 4.43. The van der Waals surface area contributed by atoms with Crippen molar-refractivity contribution in [2.24, 2.45) is 5.41 Å². The van der Waals surface area contributed by atoms with Crippen molar-refractivity contribution in [1.29, 1.82) is 0 Å². The zero-order valence-corrected chi connectivity index (χ0v) is 13.7. The first-order valence-corrected chi connectivity index (χ1v) is 7.46. The van der Waals surface area contributed by atoms with Gasteiger partial charge in [-0.3, -0.25) is 0 Å². The van der Waals surface area contributed by atoms with E-state index in [1.54, 1.807) is 7.11 Å². The van der Waals surface area contributed by atoms with Crippen molar-refractivity contribution in [3.8, 4) is 5.75 Å². The summed E-state index contributed by atoms with van der Waals surface area (Å²) in [5.41, 5.74) is 1.51. The summed E-state index contributed by atoms with van der Waals surface area (Å²) in [6.45, 7) is 7.83. The van der Waals surface area contributed by atoms with Gasteiger partial charge in [-0.25, -0.2) is 0 Å². The van der Waals surface area contributed by atoms with Gasteiger partial charge in [-0.1, -0.05) is 32.0 Å². The quantitative estimate of drug-likeness (QED) is 0.768. The van der Waals surface area contributed by atoms with E-state index in [4.69, 9.17) is 4.74 Å². The van der Waals surface area contributed by atoms with Gasteiger partial charge >= 0.3 is 0 Å². The van der Waals surface area contributed by atoms with Crippen molar-refractivity contribution >= 4 is 12.6 Å². The van der Waals surface area contributed by atoms with Gasteiger partial charge in [0.2, 0.25) is 0 Å². The Hall–Kier alpha value is -0.670. The lowest BCUT2D eigenvalue weighted by molar-refractivity contribution is 0.183. The van der Waals surface area contributed by atoms with Crippen LogP contribution in [-0.2, 0) is 6.42 Å². The van der Waals surface area contributed by atoms with Crippen molar-refractivity contribution < 1.29 is 4.74 Å². The second-order valence-corrected chi connectivity index (χ2v) is 6.42. The number of ether oxygens (including phenoxy) is 1. The Kier molecular flexibility index (Phi) is 6.21. The summed E-state index contributed by atoms with van der Waals surface area (Å²) < 4.78 is 5.42. The van der Waals surface area contributed by atoms with E-state index in [2.05, 4.69) is 57.5 Å². The molecule has 0 N–H and O–H groups in total. The molecule has 19 heavy (non-hydrogen) atoms. The second kappa shape index (κ2) is 7.20. The molecule has 1 aromatic carbocycles. The molecule has 1 aromatic rings. The van der Waals surface area contributed by atoms with Gasteiger partial charge in [-0.05, 0) is 43.2 Å². The molecule has 0 aromatic heterocycles. The van der Waals surface area contributed by atoms with E-state index in [0.717, 1.165) is 24.5 Å². The van der Waals surface area contributed by atoms with Crippen molar-refractivity contribution in [1.82, 2.24) is 4.90 Å². The minimum absolute atomic E-state index is 0.243. The summed E-state index contributed by atoms with van der Waals surface area (Å²) in [4.78, 5) is 2.41. The van der Waals surface area contributed by atoms with Gasteiger partial charge in [0.1, 0.15) is 5.75 Å². The fraction of sp³-hybridized carbons (Fsp3) is 0.625. The normalized spacial score (nSPS) is 13.6. The third-order valence-corrected chi connectivity index (χ3v) is 4.42. The maximum absolute atomic E-state index is 5.42. The van der Waals surface area contributed by atoms with Gasteiger partial charge in [0.05, 0.1) is 7.11 Å². The zero-order chi connectivity index (χ0) is 14.5. The number of nitrogens with zero attached hydrogens (tertiary/aromatic N) is 1. The lowest BCUT2D eigenvalue weighted by Crippen LogP contribution is -2.39. The number of thiol groups is 1. The third-order valence-electron chi connectivity index (χ3n) is 3.57. The van der Waals surface area contributed by atoms with Crippen LogP contribution < -0.4 is 4.74 Å². The highest BCUT2D eigenvalue weighted by Gasteiger charge is 2.21. The van der Waals surface area contributed by atoms with Crippen LogP contribution in [0.4, 0.5) is 0 Å². The van der Waals surface area contributed by atoms with E-state index in [1.165, 1.54) is 5.56 Å². The summed E-state index contributed by atoms with van der Waals surface area (Å²) in [5, 5.41) is 0. The predicted molar refractivity (Wildman–Crippen MR) is 86.4 cm³/mol. The van der Waals surface area contributed by atoms with Crippen LogP contribution in [0, 0.1) is 5.41 Å². The summed E-state index contributed by atoms with van der Waals surface area (Å²) in [6, 6.07) is 8.74. The molecule has 0 aliphatic heterocycles. The Balaban J connectivity index is 2.66. The monoisotopic (exact) mass is 281 g/mol. The highest BCUT2D eigenvalue weighted by atomic mass is 32.1. The summed E-state index contributed by atoms with van der Waals surface area (Å²) in [6.07, 6.45) is 1.00. The lowest BCUT2D eigenvalue weighted by atomic mass is 9.94. The second-order valence-electron chi connectivity index (χ2n) is 6.10. The Bertz CT molecular complexity index is 392. The Morgan fingerprint density at radius 2 is 1.95 bits per heavy atom. The molecular weight excluding hydrogens is 254 g/mol. The molecule has 0 heterocycles. The summed E-state index contributed by atoms with van der Waals surface area (Å²) in [5.74, 6) is 1.88. The number of rotatable bonds is 7. The smallest absolute Gasteiger partial charge is 0.122 e. The van der Waals surface area contributed by atoms with Crippen LogP contribution in [0.5, 0.6) is 5.75 Å². The number of likely N-dealkylation sites (N-methyl/N-ethyl adjacent to an activating group) is 1. The molecule has 0 saturated carbocycles. The number of para-hydroxylation sites is 1. The maximum atomic E-state index is 5.42. The highest BCUT2D eigenvalue weighted by Crippen LogP contribution is 2.23. The van der Waals surface area contributed by atoms with Gasteiger partial charge in [0.15, 0.2) is 0 Å². The highest BCUT2D eigenvalue weighted by molar-refractivity contribution is 7.80. The molecule has 0 saturated heterocycles. The van der Waals surface area contributed by atoms with Gasteiger partial charge in [-0.2, -0.15) is 12.6 Å². The molecule has 0 amide bonds. The number of methoxy groups -OCH3 is 1. The molecule has 1 atom stereocenters. The van der Waals surface area contributed by atoms with Crippen LogP contribution in [0.1, 0.15) is 26.3 Å². The fourth-order valence-electron chi connectivity index (χ4n) is 2.23. The molecule has 0 aliphatic carbocycles. The minimum Gasteiger partial charge on any atom is -0.496 e. The molecule has 2 nitrogen and oxygen atoms in total. The average molecular weight is 281 g/mol. The van der Waals surface area contributed by atoms with E-state index >= 15 is 0 Å². The number of benzene rings is 1. The molecule has 0 aliphatic rings. The Morgan fingerprint density at radius 1 is 1.32 bits per heavy atom. The van der Waals surface area contributed by atoms with E-state index in [9.17, 15) is 0 Å². The van der Waals surface area contributed by atoms with Gasteiger partial charge < -0.3 is 9.64 Å². The van der Waals surface area contributed by atoms with Crippen LogP contribution in [0.15, 0.2) is 24.3 Å². The van der Waals surface area contributed by atoms with Crippen LogP contribution in [-0.4, -0.2) is 37.4 Å². The van der Waals surface area contributed by atoms with Crippen molar-refractivity contribution in [3.05, 3.63) is 29.8 Å². The predicted octanol–water partition coefficient (Wildman–Crippen LogP) is 3.51. The first-order chi connectivity index (χ1) is 8.89. The van der Waals surface area contributed by atoms with Crippen molar-refractivity contribution in [2.75, 3.05) is 26.5 Å². The largest absolute Gasteiger partial charge is 0.496 e. The van der Waals surface area contributed by atoms with E-state index < -0.39 is 0 Å². The molecule has 0 fully saturated rings. The van der Waals surface area contributed by atoms with Crippen LogP contribution in [0.3, 0.4) is 0 Å². The minimum atomic E-state index is 0.243. The fourth-order valence-corrected chi connectivity index (χ4v) is 2.33. The molecule has 108 valence electrons. The van der Waals surface area contributed by atoms with E-state index in [1.807, 2.05) is 12.1 Å². The summed E-state index contributed by atoms with van der Waals surface area (Å²) in [7, 11) is 3.92. The zero-order valence-electron chi connectivity index (χ0n) is 12.8. The van der Waals surface area contributed by atoms with Gasteiger partial charge in [0.25, 0.3) is 0 Å². The first kappa shape index (κ1) is 16.4. The molecular formula is C16H27NOS. The number of hydrogen-bond donors (Lipinski definition) is 1. The molecule has 3 heteroatoms. The molecule has 0 radical (unpaired) electrons. The molecule has 1 unspecified atom stereocenters. The van der Waals surface area contributed by atoms with E-state index in [0.29, 0.717) is 6.04 Å². The standard InChI is InChI=1S/C16H27NOS/c1-13(17(4)11-16(2,3)12-19)10-14-8-6-7-9-15(14)18-5/h6-9,13,19H,10-12H2,1-5H3. The topological polar surface area (TPSA) is 12.5 Å². The van der Waals surface area contributed by atoms with Crippen LogP contribution in [0.25, 0.3) is 0 Å². The first-order valence-electron chi connectivity index (χ1n) is 6.82. The lowest BCUT2D eigenvalue weighted by Gasteiger charge is -2.33. The van der Waals surface area contributed by atoms with E-state index in [-0.39, 0.29) is 5.41 Å². The molecule has 0 spiro atoms. The SMILES string of the molecule is COc1ccccc1CC(C)N(C)CC(C)(C)CS.